The molecule has 0 fully saturated rings. The van der Waals surface area contributed by atoms with E-state index in [1.165, 1.54) is 0 Å². The van der Waals surface area contributed by atoms with Gasteiger partial charge in [0.2, 0.25) is 0 Å². The van der Waals surface area contributed by atoms with Crippen LogP contribution in [0.15, 0.2) is 0 Å². The second-order valence-electron chi connectivity index (χ2n) is 3.99. The van der Waals surface area contributed by atoms with Gasteiger partial charge < -0.3 is 15.2 Å². The van der Waals surface area contributed by atoms with Gasteiger partial charge in [-0.2, -0.15) is 0 Å². The smallest absolute Gasteiger partial charge is 0.319 e. The third-order valence-electron chi connectivity index (χ3n) is 2.27. The Labute approximate surface area is 92.0 Å². The predicted octanol–water partition coefficient (Wildman–Crippen LogP) is 0.936. The number of nitrogens with one attached hydrogen (secondary N) is 1. The fraction of sp³-hybridized carbons (Fsp3) is 0.909. The Morgan fingerprint density at radius 3 is 2.60 bits per heavy atom. The van der Waals surface area contributed by atoms with Crippen molar-refractivity contribution in [1.82, 2.24) is 5.32 Å². The summed E-state index contributed by atoms with van der Waals surface area (Å²) in [6, 6.07) is -0.0382. The van der Waals surface area contributed by atoms with E-state index in [0.29, 0.717) is 12.5 Å². The van der Waals surface area contributed by atoms with Crippen molar-refractivity contribution < 1.29 is 14.6 Å². The number of rotatable bonds is 8. The summed E-state index contributed by atoms with van der Waals surface area (Å²) < 4.78 is 4.97. The van der Waals surface area contributed by atoms with Crippen LogP contribution in [0.25, 0.3) is 0 Å². The highest BCUT2D eigenvalue weighted by Crippen LogP contribution is 1.99. The van der Waals surface area contributed by atoms with Crippen molar-refractivity contribution in [2.75, 3.05) is 19.8 Å². The Kier molecular flexibility index (Phi) is 8.33. The lowest BCUT2D eigenvalue weighted by atomic mass is 10.1. The molecule has 4 heteroatoms. The highest BCUT2D eigenvalue weighted by atomic mass is 16.5. The lowest BCUT2D eigenvalue weighted by Crippen LogP contribution is -2.40. The molecule has 0 spiro atoms. The van der Waals surface area contributed by atoms with Crippen molar-refractivity contribution in [3.8, 4) is 0 Å². The van der Waals surface area contributed by atoms with Crippen LogP contribution in [0.5, 0.6) is 0 Å². The van der Waals surface area contributed by atoms with Crippen LogP contribution >= 0.6 is 0 Å². The van der Waals surface area contributed by atoms with E-state index in [1.54, 1.807) is 0 Å². The molecule has 0 saturated carbocycles. The van der Waals surface area contributed by atoms with Crippen LogP contribution in [-0.4, -0.2) is 36.9 Å². The molecular weight excluding hydrogens is 194 g/mol. The van der Waals surface area contributed by atoms with Crippen molar-refractivity contribution in [3.05, 3.63) is 0 Å². The molecule has 0 aliphatic carbocycles. The summed E-state index contributed by atoms with van der Waals surface area (Å²) in [6.07, 6.45) is 1.92. The molecule has 0 aliphatic heterocycles. The summed E-state index contributed by atoms with van der Waals surface area (Å²) in [7, 11) is 0. The Bertz CT molecular complexity index is 171. The molecule has 0 rings (SSSR count). The molecule has 1 atom stereocenters. The highest BCUT2D eigenvalue weighted by Gasteiger charge is 2.13. The van der Waals surface area contributed by atoms with Gasteiger partial charge >= 0.3 is 5.97 Å². The Hall–Kier alpha value is -0.610. The number of hydrogen-bond acceptors (Lipinski definition) is 4. The van der Waals surface area contributed by atoms with Crippen molar-refractivity contribution >= 4 is 5.97 Å². The van der Waals surface area contributed by atoms with E-state index in [-0.39, 0.29) is 25.2 Å². The van der Waals surface area contributed by atoms with E-state index in [4.69, 9.17) is 9.84 Å². The molecule has 4 nitrogen and oxygen atoms in total. The second-order valence-corrected chi connectivity index (χ2v) is 3.99. The molecule has 0 unspecified atom stereocenters. The van der Waals surface area contributed by atoms with Gasteiger partial charge in [0.15, 0.2) is 0 Å². The number of aliphatic hydroxyl groups excluding tert-OH is 1. The van der Waals surface area contributed by atoms with Gasteiger partial charge in [-0.1, -0.05) is 27.2 Å². The molecular formula is C11H23NO3. The first kappa shape index (κ1) is 14.4. The molecule has 0 aromatic rings. The summed E-state index contributed by atoms with van der Waals surface area (Å²) in [5.41, 5.74) is 0. The third-order valence-corrected chi connectivity index (χ3v) is 2.27. The molecule has 0 radical (unpaired) electrons. The van der Waals surface area contributed by atoms with Crippen LogP contribution < -0.4 is 5.32 Å². The number of hydrogen-bond donors (Lipinski definition) is 2. The summed E-state index contributed by atoms with van der Waals surface area (Å²) in [5.74, 6) is 0.0565. The van der Waals surface area contributed by atoms with Gasteiger partial charge in [0.25, 0.3) is 0 Å². The Morgan fingerprint density at radius 1 is 1.47 bits per heavy atom. The molecule has 2 N–H and O–H groups in total. The van der Waals surface area contributed by atoms with E-state index in [0.717, 1.165) is 12.8 Å². The van der Waals surface area contributed by atoms with Gasteiger partial charge in [0, 0.05) is 6.04 Å². The molecule has 0 aliphatic rings. The van der Waals surface area contributed by atoms with Crippen LogP contribution in [-0.2, 0) is 9.53 Å². The maximum atomic E-state index is 11.2. The van der Waals surface area contributed by atoms with Gasteiger partial charge in [-0.25, -0.2) is 0 Å². The van der Waals surface area contributed by atoms with Crippen LogP contribution in [0.1, 0.15) is 33.6 Å². The van der Waals surface area contributed by atoms with E-state index >= 15 is 0 Å². The van der Waals surface area contributed by atoms with Crippen molar-refractivity contribution in [2.45, 2.75) is 39.7 Å². The summed E-state index contributed by atoms with van der Waals surface area (Å²) in [4.78, 5) is 11.2. The largest absolute Gasteiger partial charge is 0.465 e. The molecule has 0 bridgehead atoms. The molecule has 0 amide bonds. The fourth-order valence-electron chi connectivity index (χ4n) is 1.11. The predicted molar refractivity (Wildman–Crippen MR) is 59.6 cm³/mol. The van der Waals surface area contributed by atoms with E-state index in [9.17, 15) is 4.79 Å². The molecule has 0 aromatic heterocycles. The zero-order valence-corrected chi connectivity index (χ0v) is 9.95. The number of ether oxygens (including phenoxy) is 1. The highest BCUT2D eigenvalue weighted by molar-refractivity contribution is 5.71. The maximum absolute atomic E-state index is 11.2. The summed E-state index contributed by atoms with van der Waals surface area (Å²) in [6.45, 7) is 6.74. The number of unbranched alkanes of at least 4 members (excludes halogenated alkanes) is 1. The van der Waals surface area contributed by atoms with Crippen LogP contribution in [0.3, 0.4) is 0 Å². The van der Waals surface area contributed by atoms with Gasteiger partial charge in [-0.05, 0) is 12.3 Å². The first-order chi connectivity index (χ1) is 7.11. The average molecular weight is 217 g/mol. The quantitative estimate of drug-likeness (QED) is 0.469. The third kappa shape index (κ3) is 7.33. The monoisotopic (exact) mass is 217 g/mol. The average Bonchev–Trinajstić information content (AvgIpc) is 2.18. The summed E-state index contributed by atoms with van der Waals surface area (Å²) in [5, 5.41) is 12.0. The van der Waals surface area contributed by atoms with Crippen molar-refractivity contribution in [2.24, 2.45) is 5.92 Å². The van der Waals surface area contributed by atoms with E-state index in [2.05, 4.69) is 5.32 Å². The molecule has 90 valence electrons. The topological polar surface area (TPSA) is 58.6 Å². The zero-order valence-electron chi connectivity index (χ0n) is 9.95. The Morgan fingerprint density at radius 2 is 2.13 bits per heavy atom. The SMILES string of the molecule is CCCCOC(=O)CN[C@H](CO)C(C)C. The zero-order chi connectivity index (χ0) is 11.7. The van der Waals surface area contributed by atoms with Gasteiger partial charge in [-0.15, -0.1) is 0 Å². The van der Waals surface area contributed by atoms with Crippen LogP contribution in [0.2, 0.25) is 0 Å². The van der Waals surface area contributed by atoms with Gasteiger partial charge in [0.1, 0.15) is 0 Å². The fourth-order valence-corrected chi connectivity index (χ4v) is 1.11. The molecule has 0 saturated heterocycles. The van der Waals surface area contributed by atoms with Crippen molar-refractivity contribution in [1.29, 1.82) is 0 Å². The molecule has 15 heavy (non-hydrogen) atoms. The Balaban J connectivity index is 3.59. The van der Waals surface area contributed by atoms with Crippen LogP contribution in [0.4, 0.5) is 0 Å². The minimum Gasteiger partial charge on any atom is -0.465 e. The lowest BCUT2D eigenvalue weighted by molar-refractivity contribution is -0.142. The number of carbonyl (C=O) groups excluding carboxylic acids is 1. The van der Waals surface area contributed by atoms with E-state index < -0.39 is 0 Å². The number of esters is 1. The van der Waals surface area contributed by atoms with Gasteiger partial charge in [-0.3, -0.25) is 4.79 Å². The normalized spacial score (nSPS) is 12.9. The second kappa shape index (κ2) is 8.68. The standard InChI is InChI=1S/C11H23NO3/c1-4-5-6-15-11(14)7-12-10(8-13)9(2)3/h9-10,12-13H,4-8H2,1-3H3/t10-/m1/s1. The van der Waals surface area contributed by atoms with E-state index in [1.807, 2.05) is 20.8 Å². The first-order valence-corrected chi connectivity index (χ1v) is 5.61. The summed E-state index contributed by atoms with van der Waals surface area (Å²) >= 11 is 0. The van der Waals surface area contributed by atoms with Crippen molar-refractivity contribution in [3.63, 3.8) is 0 Å². The molecule has 0 aromatic carbocycles. The molecule has 0 heterocycles. The number of aliphatic hydroxyl groups is 1. The maximum Gasteiger partial charge on any atom is 0.319 e. The first-order valence-electron chi connectivity index (χ1n) is 5.61. The van der Waals surface area contributed by atoms with Gasteiger partial charge in [0.05, 0.1) is 19.8 Å². The lowest BCUT2D eigenvalue weighted by Gasteiger charge is -2.19. The number of carbonyl (C=O) groups is 1. The minimum absolute atomic E-state index is 0.0382. The van der Waals surface area contributed by atoms with Crippen LogP contribution in [0, 0.1) is 5.92 Å². The minimum atomic E-state index is -0.248.